The zero-order valence-electron chi connectivity index (χ0n) is 49.9. The molecule has 2 heterocycles. The van der Waals surface area contributed by atoms with Crippen LogP contribution < -0.4 is 20.2 Å². The molecule has 0 N–H and O–H groups in total. The summed E-state index contributed by atoms with van der Waals surface area (Å²) in [5, 5.41) is 4.91. The molecule has 0 atom stereocenters. The Morgan fingerprint density at radius 3 is 1.33 bits per heavy atom. The summed E-state index contributed by atoms with van der Waals surface area (Å²) in [6, 6.07) is 79.3. The first-order chi connectivity index (χ1) is 39.7. The van der Waals surface area contributed by atoms with Crippen LogP contribution in [0.4, 0.5) is 34.1 Å². The van der Waals surface area contributed by atoms with Gasteiger partial charge >= 0.3 is 0 Å². The molecule has 2 aromatic heterocycles. The molecular weight excluding hydrogens is 1040 g/mol. The van der Waals surface area contributed by atoms with Crippen molar-refractivity contribution in [2.24, 2.45) is 0 Å². The largest absolute Gasteiger partial charge is 0.455 e. The van der Waals surface area contributed by atoms with E-state index >= 15 is 0 Å². The van der Waals surface area contributed by atoms with Gasteiger partial charge in [-0.2, -0.15) is 0 Å². The van der Waals surface area contributed by atoms with Crippen LogP contribution in [-0.2, 0) is 16.2 Å². The van der Waals surface area contributed by atoms with Crippen LogP contribution in [0, 0.1) is 0 Å². The molecule has 410 valence electrons. The van der Waals surface area contributed by atoms with Crippen LogP contribution in [0.5, 0.6) is 0 Å². The Bertz CT molecular complexity index is 4350. The van der Waals surface area contributed by atoms with Crippen molar-refractivity contribution in [3.63, 3.8) is 0 Å². The Labute approximate surface area is 490 Å². The quantitative estimate of drug-likeness (QED) is 0.135. The van der Waals surface area contributed by atoms with Crippen LogP contribution in [0.1, 0.15) is 74.9 Å². The Morgan fingerprint density at radius 1 is 0.410 bits per heavy atom. The SMILES string of the molecule is CC(C)(C)c1ccc(N(c2ccc([Si](C)(C)C)cc2)c2cc3c(c4oc(-c5ccccc5)nc24)-c2c(cc(N(c4ccc(C(C)(C)C)cc4)c4ccc([Si](C)(C)C)cc4)c4c2oc2ccccc24)C32c3ccccc3-c3ccccc32)cc1. The summed E-state index contributed by atoms with van der Waals surface area (Å²) in [5.74, 6) is 0.561. The summed E-state index contributed by atoms with van der Waals surface area (Å²) in [6.07, 6.45) is 0. The summed E-state index contributed by atoms with van der Waals surface area (Å²) in [6.45, 7) is 28.2. The molecule has 0 saturated carbocycles. The molecular formula is C76H71N3O2Si2. The number of rotatable bonds is 9. The molecule has 14 rings (SSSR count). The number of aromatic nitrogens is 1. The fraction of sp³-hybridized carbons (Fsp3) is 0.197. The Kier molecular flexibility index (Phi) is 11.9. The first-order valence-corrected chi connectivity index (χ1v) is 36.4. The normalized spacial score (nSPS) is 13.6. The standard InChI is InChI=1S/C76H71N3O2Si2/c1-74(2,3)49-30-34-51(35-31-49)78(53-38-42-55(43-39-53)82(7,8)9)64-46-62-68(71-67(64)59-26-18-21-29-66(59)80-71)69-63(76(62)60-27-19-16-24-57(60)58-25-17-20-28-61(58)76)47-65(70-72(69)81-73(77-70)48-22-14-13-15-23-48)79(52-36-32-50(33-37-52)75(4,5)6)54-40-44-56(45-41-54)83(10,11)12/h13-47H,1-12H3. The van der Waals surface area contributed by atoms with E-state index in [1.807, 2.05) is 0 Å². The van der Waals surface area contributed by atoms with E-state index in [4.69, 9.17) is 13.8 Å². The predicted octanol–water partition coefficient (Wildman–Crippen LogP) is 20.4. The molecule has 0 amide bonds. The van der Waals surface area contributed by atoms with Gasteiger partial charge in [0.05, 0.1) is 38.3 Å². The molecule has 0 bridgehead atoms. The second-order valence-electron chi connectivity index (χ2n) is 27.2. The maximum Gasteiger partial charge on any atom is 0.227 e. The minimum atomic E-state index is -1.66. The third-order valence-electron chi connectivity index (χ3n) is 17.8. The number of hydrogen-bond acceptors (Lipinski definition) is 5. The number of anilines is 6. The van der Waals surface area contributed by atoms with Gasteiger partial charge in [0.1, 0.15) is 16.7 Å². The topological polar surface area (TPSA) is 45.7 Å². The van der Waals surface area contributed by atoms with Crippen molar-refractivity contribution < 1.29 is 8.83 Å². The van der Waals surface area contributed by atoms with Crippen LogP contribution in [0.25, 0.3) is 66.7 Å². The molecule has 10 aromatic carbocycles. The highest BCUT2D eigenvalue weighted by Crippen LogP contribution is 2.67. The van der Waals surface area contributed by atoms with E-state index in [9.17, 15) is 0 Å². The number of nitrogens with zero attached hydrogens (tertiary/aromatic N) is 3. The third kappa shape index (κ3) is 8.32. The van der Waals surface area contributed by atoms with E-state index in [2.05, 4.69) is 303 Å². The molecule has 0 unspecified atom stereocenters. The van der Waals surface area contributed by atoms with E-state index in [1.54, 1.807) is 0 Å². The van der Waals surface area contributed by atoms with Gasteiger partial charge in [0.2, 0.25) is 5.89 Å². The summed E-state index contributed by atoms with van der Waals surface area (Å²) < 4.78 is 15.1. The smallest absolute Gasteiger partial charge is 0.227 e. The zero-order valence-corrected chi connectivity index (χ0v) is 51.9. The monoisotopic (exact) mass is 1110 g/mol. The van der Waals surface area contributed by atoms with E-state index in [-0.39, 0.29) is 10.8 Å². The van der Waals surface area contributed by atoms with Crippen molar-refractivity contribution in [2.45, 2.75) is 97.1 Å². The van der Waals surface area contributed by atoms with Gasteiger partial charge < -0.3 is 18.6 Å². The van der Waals surface area contributed by atoms with E-state index in [1.165, 1.54) is 43.8 Å². The van der Waals surface area contributed by atoms with Crippen molar-refractivity contribution in [2.75, 3.05) is 9.80 Å². The molecule has 0 aliphatic heterocycles. The molecule has 0 saturated heterocycles. The highest BCUT2D eigenvalue weighted by molar-refractivity contribution is 6.89. The number of hydrogen-bond donors (Lipinski definition) is 0. The lowest BCUT2D eigenvalue weighted by atomic mass is 9.70. The van der Waals surface area contributed by atoms with Crippen molar-refractivity contribution in [1.29, 1.82) is 0 Å². The lowest BCUT2D eigenvalue weighted by Crippen LogP contribution is -2.37. The Hall–Kier alpha value is -8.50. The molecule has 12 aromatic rings. The minimum Gasteiger partial charge on any atom is -0.455 e. The minimum absolute atomic E-state index is 0.0283. The van der Waals surface area contributed by atoms with Gasteiger partial charge in [-0.1, -0.05) is 225 Å². The van der Waals surface area contributed by atoms with Crippen LogP contribution in [-0.4, -0.2) is 21.1 Å². The number of fused-ring (bicyclic) bond motifs is 16. The molecule has 83 heavy (non-hydrogen) atoms. The predicted molar refractivity (Wildman–Crippen MR) is 356 cm³/mol. The first kappa shape index (κ1) is 52.6. The van der Waals surface area contributed by atoms with E-state index < -0.39 is 21.6 Å². The first-order valence-electron chi connectivity index (χ1n) is 29.4. The van der Waals surface area contributed by atoms with Crippen LogP contribution >= 0.6 is 0 Å². The van der Waals surface area contributed by atoms with Crippen LogP contribution in [0.3, 0.4) is 0 Å². The van der Waals surface area contributed by atoms with Gasteiger partial charge in [-0.25, -0.2) is 4.98 Å². The molecule has 2 aliphatic carbocycles. The van der Waals surface area contributed by atoms with Gasteiger partial charge in [-0.15, -0.1) is 0 Å². The van der Waals surface area contributed by atoms with Crippen molar-refractivity contribution in [1.82, 2.24) is 4.98 Å². The van der Waals surface area contributed by atoms with Crippen molar-refractivity contribution >= 4 is 93.7 Å². The van der Waals surface area contributed by atoms with Crippen LogP contribution in [0.2, 0.25) is 39.3 Å². The van der Waals surface area contributed by atoms with Gasteiger partial charge in [-0.05, 0) is 134 Å². The van der Waals surface area contributed by atoms with E-state index in [0.717, 1.165) is 95.0 Å². The maximum atomic E-state index is 7.56. The highest BCUT2D eigenvalue weighted by atomic mass is 28.3. The second kappa shape index (κ2) is 18.8. The number of para-hydroxylation sites is 1. The maximum absolute atomic E-state index is 7.56. The Morgan fingerprint density at radius 2 is 0.831 bits per heavy atom. The fourth-order valence-corrected chi connectivity index (χ4v) is 15.7. The molecule has 0 fully saturated rings. The van der Waals surface area contributed by atoms with Gasteiger partial charge in [0, 0.05) is 44.8 Å². The zero-order chi connectivity index (χ0) is 57.5. The van der Waals surface area contributed by atoms with Crippen LogP contribution in [0.15, 0.2) is 221 Å². The molecule has 5 nitrogen and oxygen atoms in total. The van der Waals surface area contributed by atoms with Gasteiger partial charge in [0.15, 0.2) is 5.58 Å². The van der Waals surface area contributed by atoms with Gasteiger partial charge in [0.25, 0.3) is 0 Å². The lowest BCUT2D eigenvalue weighted by molar-refractivity contribution is 0.590. The third-order valence-corrected chi connectivity index (χ3v) is 21.9. The summed E-state index contributed by atoms with van der Waals surface area (Å²) in [4.78, 5) is 10.6. The lowest BCUT2D eigenvalue weighted by Gasteiger charge is -2.34. The molecule has 7 heteroatoms. The molecule has 0 radical (unpaired) electrons. The Balaban J connectivity index is 1.16. The molecule has 1 spiro atoms. The summed E-state index contributed by atoms with van der Waals surface area (Å²) in [7, 11) is -3.32. The van der Waals surface area contributed by atoms with Crippen molar-refractivity contribution in [3.05, 3.63) is 246 Å². The number of furan rings is 1. The van der Waals surface area contributed by atoms with E-state index in [0.29, 0.717) is 5.89 Å². The summed E-state index contributed by atoms with van der Waals surface area (Å²) in [5.41, 5.74) is 21.0. The summed E-state index contributed by atoms with van der Waals surface area (Å²) >= 11 is 0. The number of benzene rings is 10. The fourth-order valence-electron chi connectivity index (χ4n) is 13.3. The molecule has 2 aliphatic rings. The average Bonchev–Trinajstić information content (AvgIpc) is 1.99. The average molecular weight is 1110 g/mol. The van der Waals surface area contributed by atoms with Gasteiger partial charge in [-0.3, -0.25) is 0 Å². The second-order valence-corrected chi connectivity index (χ2v) is 37.4. The number of oxazole rings is 1. The highest BCUT2D eigenvalue weighted by Gasteiger charge is 2.55. The van der Waals surface area contributed by atoms with Crippen molar-refractivity contribution in [3.8, 4) is 33.7 Å².